The number of hydrogen-bond acceptors (Lipinski definition) is 3. The molecule has 1 heterocycles. The number of amides is 3. The van der Waals surface area contributed by atoms with E-state index < -0.39 is 11.5 Å². The van der Waals surface area contributed by atoms with Crippen molar-refractivity contribution >= 4 is 17.9 Å². The van der Waals surface area contributed by atoms with Crippen LogP contribution in [0.1, 0.15) is 45.1 Å². The van der Waals surface area contributed by atoms with Crippen LogP contribution in [0.2, 0.25) is 0 Å². The van der Waals surface area contributed by atoms with Gasteiger partial charge in [0, 0.05) is 44.6 Å². The van der Waals surface area contributed by atoms with Gasteiger partial charge in [-0.25, -0.2) is 4.79 Å². The number of piperidine rings is 1. The first-order valence-corrected chi connectivity index (χ1v) is 9.76. The lowest BCUT2D eigenvalue weighted by Crippen LogP contribution is -2.50. The molecule has 28 heavy (non-hydrogen) atoms. The predicted octanol–water partition coefficient (Wildman–Crippen LogP) is 2.71. The second-order valence-electron chi connectivity index (χ2n) is 8.15. The van der Waals surface area contributed by atoms with E-state index in [2.05, 4.69) is 5.32 Å². The molecule has 1 fully saturated rings. The summed E-state index contributed by atoms with van der Waals surface area (Å²) in [6, 6.07) is 9.82. The van der Waals surface area contributed by atoms with Gasteiger partial charge in [0.25, 0.3) is 0 Å². The van der Waals surface area contributed by atoms with E-state index in [1.165, 1.54) is 0 Å². The lowest BCUT2D eigenvalue weighted by molar-refractivity contribution is -0.138. The number of rotatable bonds is 7. The Hall–Kier alpha value is -2.57. The van der Waals surface area contributed by atoms with E-state index in [-0.39, 0.29) is 24.3 Å². The number of carboxylic acid groups (broad SMARTS) is 1. The summed E-state index contributed by atoms with van der Waals surface area (Å²) >= 11 is 0. The van der Waals surface area contributed by atoms with Gasteiger partial charge in [-0.05, 0) is 38.7 Å². The number of hydrogen-bond donors (Lipinski definition) is 2. The molecule has 1 aromatic rings. The van der Waals surface area contributed by atoms with Crippen LogP contribution in [0.4, 0.5) is 4.79 Å². The number of benzene rings is 1. The molecule has 7 heteroatoms. The molecule has 2 rings (SSSR count). The SMILES string of the molecule is CN(Cc1ccccc1)C(=O)N1CCC(C(=O)NC(C)(C)CCC(=O)O)CC1. The van der Waals surface area contributed by atoms with Gasteiger partial charge in [-0.2, -0.15) is 0 Å². The van der Waals surface area contributed by atoms with Gasteiger partial charge in [0.15, 0.2) is 0 Å². The van der Waals surface area contributed by atoms with Gasteiger partial charge in [0.1, 0.15) is 0 Å². The third-order valence-electron chi connectivity index (χ3n) is 5.15. The van der Waals surface area contributed by atoms with Crippen molar-refractivity contribution in [2.24, 2.45) is 5.92 Å². The molecule has 0 aromatic heterocycles. The lowest BCUT2D eigenvalue weighted by Gasteiger charge is -2.35. The number of carboxylic acids is 1. The molecule has 0 atom stereocenters. The van der Waals surface area contributed by atoms with Crippen molar-refractivity contribution in [3.63, 3.8) is 0 Å². The van der Waals surface area contributed by atoms with Crippen LogP contribution in [0.25, 0.3) is 0 Å². The van der Waals surface area contributed by atoms with Crippen molar-refractivity contribution in [1.82, 2.24) is 15.1 Å². The average Bonchev–Trinajstić information content (AvgIpc) is 2.66. The highest BCUT2D eigenvalue weighted by molar-refractivity contribution is 5.80. The first-order valence-electron chi connectivity index (χ1n) is 9.76. The van der Waals surface area contributed by atoms with Crippen molar-refractivity contribution in [3.05, 3.63) is 35.9 Å². The molecule has 1 aromatic carbocycles. The van der Waals surface area contributed by atoms with Gasteiger partial charge in [-0.1, -0.05) is 30.3 Å². The standard InChI is InChI=1S/C21H31N3O4/c1-21(2,12-9-18(25)26)22-19(27)17-10-13-24(14-11-17)20(28)23(3)15-16-7-5-4-6-8-16/h4-8,17H,9-15H2,1-3H3,(H,22,27)(H,25,26). The maximum Gasteiger partial charge on any atom is 0.320 e. The van der Waals surface area contributed by atoms with Gasteiger partial charge in [-0.15, -0.1) is 0 Å². The van der Waals surface area contributed by atoms with Crippen LogP contribution in [0, 0.1) is 5.92 Å². The summed E-state index contributed by atoms with van der Waals surface area (Å²) in [6.45, 7) is 5.32. The fourth-order valence-corrected chi connectivity index (χ4v) is 3.42. The van der Waals surface area contributed by atoms with Crippen molar-refractivity contribution in [1.29, 1.82) is 0 Å². The Morgan fingerprint density at radius 3 is 2.36 bits per heavy atom. The minimum absolute atomic E-state index is 0.0218. The first-order chi connectivity index (χ1) is 13.2. The number of aliphatic carboxylic acids is 1. The van der Waals surface area contributed by atoms with Gasteiger partial charge < -0.3 is 20.2 Å². The Balaban J connectivity index is 1.80. The highest BCUT2D eigenvalue weighted by atomic mass is 16.4. The molecular formula is C21H31N3O4. The number of nitrogens with zero attached hydrogens (tertiary/aromatic N) is 2. The summed E-state index contributed by atoms with van der Waals surface area (Å²) in [5.41, 5.74) is 0.523. The van der Waals surface area contributed by atoms with E-state index in [4.69, 9.17) is 5.11 Å². The summed E-state index contributed by atoms with van der Waals surface area (Å²) in [4.78, 5) is 39.4. The Labute approximate surface area is 166 Å². The molecule has 0 saturated carbocycles. The maximum absolute atomic E-state index is 12.7. The summed E-state index contributed by atoms with van der Waals surface area (Å²) in [6.07, 6.45) is 1.64. The van der Waals surface area contributed by atoms with Crippen LogP contribution in [0.5, 0.6) is 0 Å². The number of carbonyl (C=O) groups excluding carboxylic acids is 2. The largest absolute Gasteiger partial charge is 0.481 e. The predicted molar refractivity (Wildman–Crippen MR) is 107 cm³/mol. The molecule has 0 spiro atoms. The minimum Gasteiger partial charge on any atom is -0.481 e. The average molecular weight is 389 g/mol. The number of carbonyl (C=O) groups is 3. The van der Waals surface area contributed by atoms with Crippen molar-refractivity contribution in [3.8, 4) is 0 Å². The van der Waals surface area contributed by atoms with Crippen LogP contribution in [0.3, 0.4) is 0 Å². The summed E-state index contributed by atoms with van der Waals surface area (Å²) in [5.74, 6) is -1.07. The fourth-order valence-electron chi connectivity index (χ4n) is 3.42. The summed E-state index contributed by atoms with van der Waals surface area (Å²) in [7, 11) is 1.79. The van der Waals surface area contributed by atoms with Gasteiger partial charge in [0.2, 0.25) is 5.91 Å². The topological polar surface area (TPSA) is 90.0 Å². The Bertz CT molecular complexity index is 682. The second kappa shape index (κ2) is 9.57. The van der Waals surface area contributed by atoms with Gasteiger partial charge in [0.05, 0.1) is 0 Å². The Morgan fingerprint density at radius 1 is 1.18 bits per heavy atom. The number of likely N-dealkylation sites (tertiary alicyclic amines) is 1. The fraction of sp³-hybridized carbons (Fsp3) is 0.571. The van der Waals surface area contributed by atoms with Crippen LogP contribution < -0.4 is 5.32 Å². The molecule has 0 unspecified atom stereocenters. The molecule has 154 valence electrons. The van der Waals surface area contributed by atoms with E-state index in [9.17, 15) is 14.4 Å². The molecule has 0 radical (unpaired) electrons. The lowest BCUT2D eigenvalue weighted by atomic mass is 9.92. The monoisotopic (exact) mass is 389 g/mol. The third-order valence-corrected chi connectivity index (χ3v) is 5.15. The quantitative estimate of drug-likeness (QED) is 0.750. The zero-order chi connectivity index (χ0) is 20.7. The molecule has 2 N–H and O–H groups in total. The molecule has 7 nitrogen and oxygen atoms in total. The van der Waals surface area contributed by atoms with Crippen LogP contribution in [-0.2, 0) is 16.1 Å². The van der Waals surface area contributed by atoms with Crippen LogP contribution in [0.15, 0.2) is 30.3 Å². The van der Waals surface area contributed by atoms with E-state index in [0.717, 1.165) is 5.56 Å². The molecule has 0 aliphatic carbocycles. The summed E-state index contributed by atoms with van der Waals surface area (Å²) < 4.78 is 0. The summed E-state index contributed by atoms with van der Waals surface area (Å²) in [5, 5.41) is 11.8. The van der Waals surface area contributed by atoms with E-state index in [0.29, 0.717) is 38.9 Å². The number of nitrogens with one attached hydrogen (secondary N) is 1. The Morgan fingerprint density at radius 2 is 1.79 bits per heavy atom. The molecule has 3 amide bonds. The number of urea groups is 1. The smallest absolute Gasteiger partial charge is 0.320 e. The molecule has 1 aliphatic rings. The normalized spacial score (nSPS) is 15.2. The molecule has 1 saturated heterocycles. The molecule has 0 bridgehead atoms. The zero-order valence-electron chi connectivity index (χ0n) is 17.0. The molecule has 1 aliphatic heterocycles. The highest BCUT2D eigenvalue weighted by Crippen LogP contribution is 2.21. The maximum atomic E-state index is 12.7. The van der Waals surface area contributed by atoms with E-state index in [1.807, 2.05) is 44.2 Å². The first kappa shape index (κ1) is 21.7. The zero-order valence-corrected chi connectivity index (χ0v) is 17.0. The third kappa shape index (κ3) is 6.55. The van der Waals surface area contributed by atoms with Crippen molar-refractivity contribution in [2.75, 3.05) is 20.1 Å². The van der Waals surface area contributed by atoms with Crippen molar-refractivity contribution in [2.45, 2.75) is 51.6 Å². The van der Waals surface area contributed by atoms with Crippen LogP contribution in [-0.4, -0.2) is 58.5 Å². The second-order valence-corrected chi connectivity index (χ2v) is 8.15. The van der Waals surface area contributed by atoms with E-state index in [1.54, 1.807) is 16.8 Å². The Kier molecular flexibility index (Phi) is 7.43. The minimum atomic E-state index is -0.867. The van der Waals surface area contributed by atoms with Crippen LogP contribution >= 0.6 is 0 Å². The van der Waals surface area contributed by atoms with E-state index >= 15 is 0 Å². The molecular weight excluding hydrogens is 358 g/mol. The van der Waals surface area contributed by atoms with Gasteiger partial charge in [-0.3, -0.25) is 9.59 Å². The van der Waals surface area contributed by atoms with Crippen molar-refractivity contribution < 1.29 is 19.5 Å². The highest BCUT2D eigenvalue weighted by Gasteiger charge is 2.31. The van der Waals surface area contributed by atoms with Gasteiger partial charge >= 0.3 is 12.0 Å².